The number of carbonyl (C=O) groups is 1. The Morgan fingerprint density at radius 1 is 1.09 bits per heavy atom. The molecule has 6 nitrogen and oxygen atoms in total. The van der Waals surface area contributed by atoms with Crippen LogP contribution in [0.3, 0.4) is 0 Å². The Kier molecular flexibility index (Phi) is 8.94. The van der Waals surface area contributed by atoms with E-state index >= 15 is 0 Å². The second kappa shape index (κ2) is 11.2. The van der Waals surface area contributed by atoms with Crippen LogP contribution in [0.25, 0.3) is 0 Å². The minimum Gasteiger partial charge on any atom is -0.492 e. The molecule has 0 radical (unpaired) electrons. The Morgan fingerprint density at radius 2 is 1.75 bits per heavy atom. The van der Waals surface area contributed by atoms with E-state index in [9.17, 15) is 26.4 Å². The minimum absolute atomic E-state index is 0.0363. The van der Waals surface area contributed by atoms with Crippen molar-refractivity contribution < 1.29 is 31.1 Å². The zero-order valence-corrected chi connectivity index (χ0v) is 18.8. The molecule has 0 aliphatic carbocycles. The Hall–Kier alpha value is -2.75. The first-order valence-electron chi connectivity index (χ1n) is 10.1. The number of para-hydroxylation sites is 1. The summed E-state index contributed by atoms with van der Waals surface area (Å²) in [6.45, 7) is 2.31. The third kappa shape index (κ3) is 7.74. The van der Waals surface area contributed by atoms with Crippen LogP contribution in [0.15, 0.2) is 48.5 Å². The van der Waals surface area contributed by atoms with E-state index < -0.39 is 27.5 Å². The summed E-state index contributed by atoms with van der Waals surface area (Å²) in [5.74, 6) is 0.344. The number of alkyl halides is 3. The number of sulfonamides is 1. The first kappa shape index (κ1) is 25.5. The van der Waals surface area contributed by atoms with E-state index in [-0.39, 0.29) is 38.4 Å². The van der Waals surface area contributed by atoms with Gasteiger partial charge in [0.05, 0.1) is 24.1 Å². The average Bonchev–Trinajstić information content (AvgIpc) is 2.73. The van der Waals surface area contributed by atoms with Gasteiger partial charge in [0.25, 0.3) is 0 Å². The lowest BCUT2D eigenvalue weighted by Crippen LogP contribution is -2.34. The van der Waals surface area contributed by atoms with Crippen molar-refractivity contribution in [3.63, 3.8) is 0 Å². The van der Waals surface area contributed by atoms with Gasteiger partial charge < -0.3 is 10.1 Å². The van der Waals surface area contributed by atoms with E-state index in [1.807, 2.05) is 24.3 Å². The van der Waals surface area contributed by atoms with Gasteiger partial charge in [0.2, 0.25) is 15.9 Å². The van der Waals surface area contributed by atoms with Crippen molar-refractivity contribution in [3.8, 4) is 5.75 Å². The van der Waals surface area contributed by atoms with Gasteiger partial charge in [0.15, 0.2) is 0 Å². The van der Waals surface area contributed by atoms with Crippen molar-refractivity contribution in [2.45, 2.75) is 32.4 Å². The van der Waals surface area contributed by atoms with Crippen molar-refractivity contribution in [1.82, 2.24) is 5.32 Å². The molecule has 0 fully saturated rings. The van der Waals surface area contributed by atoms with Crippen LogP contribution in [0.5, 0.6) is 5.75 Å². The highest BCUT2D eigenvalue weighted by molar-refractivity contribution is 7.92. The number of anilines is 1. The molecule has 0 atom stereocenters. The zero-order valence-electron chi connectivity index (χ0n) is 18.0. The maximum atomic E-state index is 13.3. The van der Waals surface area contributed by atoms with Gasteiger partial charge in [-0.15, -0.1) is 0 Å². The van der Waals surface area contributed by atoms with E-state index in [0.717, 1.165) is 24.8 Å². The van der Waals surface area contributed by atoms with Gasteiger partial charge in [-0.2, -0.15) is 13.2 Å². The Bertz CT molecular complexity index is 993. The van der Waals surface area contributed by atoms with Crippen LogP contribution in [0.4, 0.5) is 18.9 Å². The number of amides is 1. The normalized spacial score (nSPS) is 11.8. The summed E-state index contributed by atoms with van der Waals surface area (Å²) in [5, 5.41) is 2.65. The van der Waals surface area contributed by atoms with E-state index in [1.165, 1.54) is 17.7 Å². The number of rotatable bonds is 11. The summed E-state index contributed by atoms with van der Waals surface area (Å²) in [4.78, 5) is 12.0. The molecule has 0 heterocycles. The molecule has 0 saturated carbocycles. The highest BCUT2D eigenvalue weighted by atomic mass is 32.2. The number of hydrogen-bond acceptors (Lipinski definition) is 4. The van der Waals surface area contributed by atoms with E-state index in [2.05, 4.69) is 12.2 Å². The molecule has 2 aromatic carbocycles. The molecular formula is C22H27F3N2O4S. The molecule has 0 aliphatic heterocycles. The molecule has 0 bridgehead atoms. The lowest BCUT2D eigenvalue weighted by atomic mass is 10.1. The fourth-order valence-electron chi connectivity index (χ4n) is 3.05. The standard InChI is InChI=1S/C22H27F3N2O4S/c1-3-17-10-12-18(13-11-17)31-16-14-26-21(28)9-6-15-27(32(2,29)30)20-8-5-4-7-19(20)22(23,24)25/h4-5,7-8,10-13H,3,6,9,14-16H2,1-2H3,(H,26,28). The number of aryl methyl sites for hydroxylation is 1. The minimum atomic E-state index is -4.70. The SMILES string of the molecule is CCc1ccc(OCCNC(=O)CCCN(c2ccccc2C(F)(F)F)S(C)(=O)=O)cc1. The molecule has 0 unspecified atom stereocenters. The first-order valence-corrected chi connectivity index (χ1v) is 12.0. The summed E-state index contributed by atoms with van der Waals surface area (Å²) in [6, 6.07) is 12.1. The van der Waals surface area contributed by atoms with Crippen LogP contribution in [-0.2, 0) is 27.4 Å². The van der Waals surface area contributed by atoms with Crippen LogP contribution in [-0.4, -0.2) is 40.3 Å². The molecule has 2 rings (SSSR count). The molecule has 0 saturated heterocycles. The third-order valence-corrected chi connectivity index (χ3v) is 5.85. The van der Waals surface area contributed by atoms with Crippen molar-refractivity contribution in [1.29, 1.82) is 0 Å². The number of nitrogens with zero attached hydrogens (tertiary/aromatic N) is 1. The van der Waals surface area contributed by atoms with Gasteiger partial charge in [-0.05, 0) is 42.7 Å². The quantitative estimate of drug-likeness (QED) is 0.502. The van der Waals surface area contributed by atoms with Crippen molar-refractivity contribution in [3.05, 3.63) is 59.7 Å². The second-order valence-corrected chi connectivity index (χ2v) is 9.06. The fourth-order valence-corrected chi connectivity index (χ4v) is 4.03. The Balaban J connectivity index is 1.85. The van der Waals surface area contributed by atoms with Crippen LogP contribution >= 0.6 is 0 Å². The fraction of sp³-hybridized carbons (Fsp3) is 0.409. The molecular weight excluding hydrogens is 445 g/mol. The number of hydrogen-bond donors (Lipinski definition) is 1. The number of carbonyl (C=O) groups excluding carboxylic acids is 1. The van der Waals surface area contributed by atoms with E-state index in [0.29, 0.717) is 10.1 Å². The first-order chi connectivity index (χ1) is 15.0. The zero-order chi connectivity index (χ0) is 23.8. The van der Waals surface area contributed by atoms with Crippen molar-refractivity contribution >= 4 is 21.6 Å². The lowest BCUT2D eigenvalue weighted by molar-refractivity contribution is -0.137. The number of halogens is 3. The lowest BCUT2D eigenvalue weighted by Gasteiger charge is -2.25. The van der Waals surface area contributed by atoms with E-state index in [4.69, 9.17) is 4.74 Å². The highest BCUT2D eigenvalue weighted by Crippen LogP contribution is 2.37. The van der Waals surface area contributed by atoms with Gasteiger partial charge in [-0.1, -0.05) is 31.2 Å². The number of ether oxygens (including phenoxy) is 1. The Morgan fingerprint density at radius 3 is 2.34 bits per heavy atom. The molecule has 0 aromatic heterocycles. The van der Waals surface area contributed by atoms with Crippen LogP contribution < -0.4 is 14.4 Å². The number of nitrogens with one attached hydrogen (secondary N) is 1. The largest absolute Gasteiger partial charge is 0.492 e. The van der Waals surface area contributed by atoms with Gasteiger partial charge in [0, 0.05) is 13.0 Å². The molecule has 0 spiro atoms. The maximum absolute atomic E-state index is 13.3. The van der Waals surface area contributed by atoms with Crippen LogP contribution in [0.1, 0.15) is 30.9 Å². The smallest absolute Gasteiger partial charge is 0.418 e. The monoisotopic (exact) mass is 472 g/mol. The third-order valence-electron chi connectivity index (χ3n) is 4.67. The van der Waals surface area contributed by atoms with Crippen molar-refractivity contribution in [2.24, 2.45) is 0 Å². The van der Waals surface area contributed by atoms with Gasteiger partial charge in [0.1, 0.15) is 12.4 Å². The van der Waals surface area contributed by atoms with Crippen LogP contribution in [0, 0.1) is 0 Å². The summed E-state index contributed by atoms with van der Waals surface area (Å²) in [6.07, 6.45) is -2.91. The molecule has 176 valence electrons. The number of benzene rings is 2. The van der Waals surface area contributed by atoms with Gasteiger partial charge in [-0.25, -0.2) is 8.42 Å². The summed E-state index contributed by atoms with van der Waals surface area (Å²) in [7, 11) is -3.97. The summed E-state index contributed by atoms with van der Waals surface area (Å²) in [5.41, 5.74) is -0.309. The predicted octanol–water partition coefficient (Wildman–Crippen LogP) is 4.01. The Labute approximate surface area is 186 Å². The molecule has 2 aromatic rings. The second-order valence-electron chi connectivity index (χ2n) is 7.15. The van der Waals surface area contributed by atoms with Crippen molar-refractivity contribution in [2.75, 3.05) is 30.3 Å². The van der Waals surface area contributed by atoms with E-state index in [1.54, 1.807) is 0 Å². The topological polar surface area (TPSA) is 75.7 Å². The molecule has 32 heavy (non-hydrogen) atoms. The molecule has 10 heteroatoms. The average molecular weight is 473 g/mol. The highest BCUT2D eigenvalue weighted by Gasteiger charge is 2.36. The molecule has 1 N–H and O–H groups in total. The van der Waals surface area contributed by atoms with Gasteiger partial charge >= 0.3 is 6.18 Å². The molecule has 0 aliphatic rings. The molecule has 1 amide bonds. The summed E-state index contributed by atoms with van der Waals surface area (Å²) < 4.78 is 70.3. The summed E-state index contributed by atoms with van der Waals surface area (Å²) >= 11 is 0. The van der Waals surface area contributed by atoms with Crippen LogP contribution in [0.2, 0.25) is 0 Å². The predicted molar refractivity (Wildman–Crippen MR) is 117 cm³/mol. The van der Waals surface area contributed by atoms with Gasteiger partial charge in [-0.3, -0.25) is 9.10 Å². The maximum Gasteiger partial charge on any atom is 0.418 e.